The van der Waals surface area contributed by atoms with Gasteiger partial charge in [-0.3, -0.25) is 4.79 Å². The molecule has 5 nitrogen and oxygen atoms in total. The van der Waals surface area contributed by atoms with Gasteiger partial charge in [0.05, 0.1) is 25.7 Å². The lowest BCUT2D eigenvalue weighted by atomic mass is 9.95. The number of carbonyl (C=O) groups excluding carboxylic acids is 1. The molecule has 0 radical (unpaired) electrons. The van der Waals surface area contributed by atoms with Gasteiger partial charge in [-0.1, -0.05) is 19.9 Å². The Bertz CT molecular complexity index is 842. The van der Waals surface area contributed by atoms with Crippen molar-refractivity contribution in [3.05, 3.63) is 38.3 Å². The van der Waals surface area contributed by atoms with Gasteiger partial charge in [0.25, 0.3) is 0 Å². The quantitative estimate of drug-likeness (QED) is 0.744. The molecule has 2 heterocycles. The molecule has 0 bridgehead atoms. The van der Waals surface area contributed by atoms with Crippen molar-refractivity contribution in [2.45, 2.75) is 39.7 Å². The fraction of sp³-hybridized carbons (Fsp3) is 0.474. The van der Waals surface area contributed by atoms with Crippen LogP contribution in [0.25, 0.3) is 0 Å². The second-order valence-corrected chi connectivity index (χ2v) is 8.56. The van der Waals surface area contributed by atoms with Gasteiger partial charge in [-0.15, -0.1) is 11.3 Å². The number of H-pyrrole nitrogens is 1. The molecule has 0 fully saturated rings. The summed E-state index contributed by atoms with van der Waals surface area (Å²) in [5.74, 6) is 1.75. The first-order valence-corrected chi connectivity index (χ1v) is 10.0. The normalized spacial score (nSPS) is 14.8. The number of amides is 1. The van der Waals surface area contributed by atoms with Crippen molar-refractivity contribution >= 4 is 29.5 Å². The van der Waals surface area contributed by atoms with E-state index >= 15 is 0 Å². The summed E-state index contributed by atoms with van der Waals surface area (Å²) in [6.07, 6.45) is 1.20. The van der Waals surface area contributed by atoms with E-state index < -0.39 is 0 Å². The Morgan fingerprint density at radius 2 is 2.04 bits per heavy atom. The molecule has 1 amide bonds. The number of carbonyl (C=O) groups is 1. The van der Waals surface area contributed by atoms with Crippen molar-refractivity contribution in [1.29, 1.82) is 0 Å². The second-order valence-electron chi connectivity index (χ2n) is 6.79. The molecule has 0 saturated heterocycles. The van der Waals surface area contributed by atoms with Gasteiger partial charge in [0.1, 0.15) is 0 Å². The monoisotopic (exact) mass is 392 g/mol. The van der Waals surface area contributed by atoms with E-state index in [0.29, 0.717) is 23.6 Å². The molecule has 140 valence electrons. The number of hydrogen-bond donors (Lipinski definition) is 2. The number of thiazole rings is 1. The highest BCUT2D eigenvalue weighted by Crippen LogP contribution is 2.34. The minimum absolute atomic E-state index is 0.0100. The van der Waals surface area contributed by atoms with Gasteiger partial charge in [-0.05, 0) is 42.8 Å². The predicted octanol–water partition coefficient (Wildman–Crippen LogP) is 4.33. The van der Waals surface area contributed by atoms with E-state index in [1.807, 2.05) is 25.1 Å². The van der Waals surface area contributed by atoms with Crippen molar-refractivity contribution in [3.8, 4) is 11.5 Å². The first kappa shape index (κ1) is 18.9. The zero-order chi connectivity index (χ0) is 18.7. The standard InChI is InChI=1S/C19H24N2O3S2/c1-11(2)18(21-17(22)10-16-12(3)20-19(25)26-16)13-5-6-14-15(9-13)24-8-4-7-23-14/h5-6,9,11,18H,4,7-8,10H2,1-3H3,(H,20,25)(H,21,22)/t18-/m0/s1. The molecule has 0 aliphatic carbocycles. The smallest absolute Gasteiger partial charge is 0.225 e. The molecule has 1 aliphatic rings. The highest BCUT2D eigenvalue weighted by atomic mass is 32.1. The summed E-state index contributed by atoms with van der Waals surface area (Å²) in [6.45, 7) is 7.45. The molecule has 1 aliphatic heterocycles. The number of benzene rings is 1. The largest absolute Gasteiger partial charge is 0.490 e. The van der Waals surface area contributed by atoms with Crippen molar-refractivity contribution in [1.82, 2.24) is 10.3 Å². The lowest BCUT2D eigenvalue weighted by Gasteiger charge is -2.24. The number of aromatic amines is 1. The van der Waals surface area contributed by atoms with E-state index in [1.54, 1.807) is 0 Å². The minimum Gasteiger partial charge on any atom is -0.490 e. The topological polar surface area (TPSA) is 63.4 Å². The summed E-state index contributed by atoms with van der Waals surface area (Å²) in [7, 11) is 0. The molecule has 26 heavy (non-hydrogen) atoms. The third-order valence-corrected chi connectivity index (χ3v) is 5.70. The second kappa shape index (κ2) is 8.22. The number of rotatable bonds is 5. The van der Waals surface area contributed by atoms with E-state index in [4.69, 9.17) is 21.7 Å². The fourth-order valence-electron chi connectivity index (χ4n) is 2.98. The van der Waals surface area contributed by atoms with E-state index in [9.17, 15) is 4.79 Å². The summed E-state index contributed by atoms with van der Waals surface area (Å²) in [5, 5.41) is 3.16. The summed E-state index contributed by atoms with van der Waals surface area (Å²) in [6, 6.07) is 5.83. The average molecular weight is 393 g/mol. The molecule has 0 unspecified atom stereocenters. The summed E-state index contributed by atoms with van der Waals surface area (Å²) >= 11 is 6.61. The number of aromatic nitrogens is 1. The fourth-order valence-corrected chi connectivity index (χ4v) is 4.27. The summed E-state index contributed by atoms with van der Waals surface area (Å²) in [5.41, 5.74) is 1.99. The van der Waals surface area contributed by atoms with Gasteiger partial charge in [-0.25, -0.2) is 0 Å². The van der Waals surface area contributed by atoms with Gasteiger partial charge in [0.2, 0.25) is 5.91 Å². The Kier molecular flexibility index (Phi) is 5.98. The van der Waals surface area contributed by atoms with E-state index in [-0.39, 0.29) is 17.9 Å². The number of ether oxygens (including phenoxy) is 2. The minimum atomic E-state index is -0.0909. The van der Waals surface area contributed by atoms with Crippen LogP contribution in [-0.2, 0) is 11.2 Å². The van der Waals surface area contributed by atoms with Crippen LogP contribution in [-0.4, -0.2) is 24.1 Å². The van der Waals surface area contributed by atoms with Crippen LogP contribution in [0, 0.1) is 16.8 Å². The third-order valence-electron chi connectivity index (χ3n) is 4.36. The maximum absolute atomic E-state index is 12.6. The molecule has 2 aromatic rings. The van der Waals surface area contributed by atoms with Gasteiger partial charge < -0.3 is 19.8 Å². The van der Waals surface area contributed by atoms with Crippen molar-refractivity contribution < 1.29 is 14.3 Å². The van der Waals surface area contributed by atoms with Crippen molar-refractivity contribution in [3.63, 3.8) is 0 Å². The van der Waals surface area contributed by atoms with Crippen LogP contribution >= 0.6 is 23.6 Å². The Labute approximate surface area is 162 Å². The zero-order valence-corrected chi connectivity index (χ0v) is 16.9. The maximum atomic E-state index is 12.6. The van der Waals surface area contributed by atoms with E-state index in [2.05, 4.69) is 24.1 Å². The molecule has 7 heteroatoms. The molecule has 3 rings (SSSR count). The van der Waals surface area contributed by atoms with Gasteiger partial charge in [0, 0.05) is 17.0 Å². The molecule has 1 atom stereocenters. The van der Waals surface area contributed by atoms with E-state index in [0.717, 1.165) is 34.1 Å². The van der Waals surface area contributed by atoms with Crippen molar-refractivity contribution in [2.24, 2.45) is 5.92 Å². The number of fused-ring (bicyclic) bond motifs is 1. The molecule has 0 spiro atoms. The Morgan fingerprint density at radius 3 is 2.69 bits per heavy atom. The first-order chi connectivity index (χ1) is 12.4. The maximum Gasteiger partial charge on any atom is 0.225 e. The molecule has 1 aromatic carbocycles. The first-order valence-electron chi connectivity index (χ1n) is 8.81. The number of aryl methyl sites for hydroxylation is 1. The molecular formula is C19H24N2O3S2. The van der Waals surface area contributed by atoms with Crippen LogP contribution in [0.15, 0.2) is 18.2 Å². The number of nitrogens with one attached hydrogen (secondary N) is 2. The van der Waals surface area contributed by atoms with E-state index in [1.165, 1.54) is 11.3 Å². The Hall–Kier alpha value is -1.86. The van der Waals surface area contributed by atoms with Gasteiger partial charge >= 0.3 is 0 Å². The van der Waals surface area contributed by atoms with Gasteiger partial charge in [-0.2, -0.15) is 0 Å². The molecule has 0 saturated carbocycles. The highest BCUT2D eigenvalue weighted by molar-refractivity contribution is 7.73. The van der Waals surface area contributed by atoms with Crippen LogP contribution in [0.2, 0.25) is 0 Å². The lowest BCUT2D eigenvalue weighted by molar-refractivity contribution is -0.121. The zero-order valence-electron chi connectivity index (χ0n) is 15.3. The predicted molar refractivity (Wildman–Crippen MR) is 106 cm³/mol. The Morgan fingerprint density at radius 1 is 1.31 bits per heavy atom. The molecular weight excluding hydrogens is 368 g/mol. The van der Waals surface area contributed by atoms with Crippen LogP contribution < -0.4 is 14.8 Å². The number of hydrogen-bond acceptors (Lipinski definition) is 5. The Balaban J connectivity index is 1.76. The third kappa shape index (κ3) is 4.45. The van der Waals surface area contributed by atoms with Crippen LogP contribution in [0.3, 0.4) is 0 Å². The molecule has 2 N–H and O–H groups in total. The lowest BCUT2D eigenvalue weighted by Crippen LogP contribution is -2.32. The molecule has 1 aromatic heterocycles. The van der Waals surface area contributed by atoms with Crippen molar-refractivity contribution in [2.75, 3.05) is 13.2 Å². The van der Waals surface area contributed by atoms with Crippen LogP contribution in [0.1, 0.15) is 42.4 Å². The van der Waals surface area contributed by atoms with Gasteiger partial charge in [0.15, 0.2) is 15.5 Å². The van der Waals surface area contributed by atoms with Crippen LogP contribution in [0.5, 0.6) is 11.5 Å². The summed E-state index contributed by atoms with van der Waals surface area (Å²) < 4.78 is 12.2. The van der Waals surface area contributed by atoms with Crippen LogP contribution in [0.4, 0.5) is 0 Å². The summed E-state index contributed by atoms with van der Waals surface area (Å²) in [4.78, 5) is 16.7. The highest BCUT2D eigenvalue weighted by Gasteiger charge is 2.21. The average Bonchev–Trinajstić information content (AvgIpc) is 2.78. The SMILES string of the molecule is Cc1[nH]c(=S)sc1CC(=O)N[C@H](c1ccc2c(c1)OCCCO2)C(C)C.